The lowest BCUT2D eigenvalue weighted by Gasteiger charge is -2.28. The van der Waals surface area contributed by atoms with Crippen molar-refractivity contribution in [2.75, 3.05) is 36.5 Å². The zero-order chi connectivity index (χ0) is 23.5. The van der Waals surface area contributed by atoms with Crippen molar-refractivity contribution in [1.82, 2.24) is 4.90 Å². The third-order valence-electron chi connectivity index (χ3n) is 5.54. The van der Waals surface area contributed by atoms with Crippen LogP contribution in [-0.4, -0.2) is 54.8 Å². The first-order chi connectivity index (χ1) is 15.8. The Balaban J connectivity index is 1.27. The van der Waals surface area contributed by atoms with Crippen LogP contribution in [0.1, 0.15) is 40.0 Å². The molecule has 10 heteroatoms. The van der Waals surface area contributed by atoms with E-state index in [1.54, 1.807) is 12.1 Å². The van der Waals surface area contributed by atoms with Crippen molar-refractivity contribution in [1.29, 1.82) is 0 Å². The van der Waals surface area contributed by atoms with Crippen LogP contribution in [-0.2, 0) is 14.3 Å². The Hall–Kier alpha value is -3.10. The van der Waals surface area contributed by atoms with Crippen LogP contribution in [0.4, 0.5) is 11.4 Å². The lowest BCUT2D eigenvalue weighted by Crippen LogP contribution is -2.36. The van der Waals surface area contributed by atoms with Gasteiger partial charge in [-0.3, -0.25) is 24.1 Å². The predicted octanol–water partition coefficient (Wildman–Crippen LogP) is 3.76. The summed E-state index contributed by atoms with van der Waals surface area (Å²) >= 11 is 11.8. The van der Waals surface area contributed by atoms with Crippen molar-refractivity contribution >= 4 is 58.3 Å². The second-order valence-electron chi connectivity index (χ2n) is 7.81. The van der Waals surface area contributed by atoms with Gasteiger partial charge in [0.25, 0.3) is 17.7 Å². The van der Waals surface area contributed by atoms with Gasteiger partial charge in [0, 0.05) is 24.5 Å². The number of carbonyl (C=O) groups excluding carboxylic acids is 4. The maximum absolute atomic E-state index is 12.4. The monoisotopic (exact) mass is 489 g/mol. The molecular weight excluding hydrogens is 469 g/mol. The predicted molar refractivity (Wildman–Crippen MR) is 124 cm³/mol. The minimum atomic E-state index is -0.891. The van der Waals surface area contributed by atoms with E-state index in [4.69, 9.17) is 27.9 Å². The molecule has 33 heavy (non-hydrogen) atoms. The Bertz CT molecular complexity index is 1070. The zero-order valence-corrected chi connectivity index (χ0v) is 19.1. The summed E-state index contributed by atoms with van der Waals surface area (Å²) in [5, 5.41) is 2.91. The molecule has 8 nitrogen and oxygen atoms in total. The van der Waals surface area contributed by atoms with Gasteiger partial charge in [-0.05, 0) is 55.7 Å². The number of anilines is 2. The van der Waals surface area contributed by atoms with Crippen molar-refractivity contribution in [2.24, 2.45) is 0 Å². The number of esters is 1. The molecular formula is C23H21Cl2N3O5. The smallest absolute Gasteiger partial charge is 0.326 e. The van der Waals surface area contributed by atoms with Gasteiger partial charge in [-0.2, -0.15) is 0 Å². The van der Waals surface area contributed by atoms with E-state index in [1.807, 2.05) is 12.1 Å². The maximum atomic E-state index is 12.4. The van der Waals surface area contributed by atoms with Crippen LogP contribution in [0.3, 0.4) is 0 Å². The standard InChI is InChI=1S/C23H21Cl2N3O5/c24-18-10-16-17(11-19(18)25)23(32)28(22(16)31)12-21(30)33-13-20(29)26-14-4-6-15(7-5-14)27-8-2-1-3-9-27/h4-7,10-11H,1-3,8-9,12-13H2,(H,26,29). The number of amides is 3. The van der Waals surface area contributed by atoms with Crippen LogP contribution in [0.2, 0.25) is 10.0 Å². The number of imide groups is 1. The van der Waals surface area contributed by atoms with E-state index in [0.717, 1.165) is 23.7 Å². The molecule has 0 radical (unpaired) electrons. The molecule has 1 saturated heterocycles. The fourth-order valence-electron chi connectivity index (χ4n) is 3.85. The van der Waals surface area contributed by atoms with Crippen LogP contribution in [0.25, 0.3) is 0 Å². The molecule has 0 aromatic heterocycles. The molecule has 0 spiro atoms. The van der Waals surface area contributed by atoms with Crippen LogP contribution in [0, 0.1) is 0 Å². The molecule has 0 saturated carbocycles. The van der Waals surface area contributed by atoms with Crippen LogP contribution >= 0.6 is 23.2 Å². The number of nitrogens with zero attached hydrogens (tertiary/aromatic N) is 2. The average Bonchev–Trinajstić information content (AvgIpc) is 3.03. The number of fused-ring (bicyclic) bond motifs is 1. The first-order valence-electron chi connectivity index (χ1n) is 10.5. The van der Waals surface area contributed by atoms with Gasteiger partial charge in [-0.25, -0.2) is 0 Å². The molecule has 2 aromatic carbocycles. The topological polar surface area (TPSA) is 96.0 Å². The normalized spacial score (nSPS) is 15.5. The summed E-state index contributed by atoms with van der Waals surface area (Å²) in [5.41, 5.74) is 1.80. The number of ether oxygens (including phenoxy) is 1. The van der Waals surface area contributed by atoms with Crippen molar-refractivity contribution in [3.8, 4) is 0 Å². The van der Waals surface area contributed by atoms with Gasteiger partial charge in [0.2, 0.25) is 0 Å². The number of halogens is 2. The quantitative estimate of drug-likeness (QED) is 0.490. The SMILES string of the molecule is O=C(COC(=O)CN1C(=O)c2cc(Cl)c(Cl)cc2C1=O)Nc1ccc(N2CCCCC2)cc1. The van der Waals surface area contributed by atoms with Crippen molar-refractivity contribution in [3.63, 3.8) is 0 Å². The molecule has 0 bridgehead atoms. The molecule has 4 rings (SSSR count). The summed E-state index contributed by atoms with van der Waals surface area (Å²) in [5.74, 6) is -2.78. The molecule has 172 valence electrons. The fourth-order valence-corrected chi connectivity index (χ4v) is 4.18. The highest BCUT2D eigenvalue weighted by atomic mass is 35.5. The van der Waals surface area contributed by atoms with Gasteiger partial charge < -0.3 is 15.0 Å². The minimum absolute atomic E-state index is 0.0629. The Labute approximate surface area is 200 Å². The van der Waals surface area contributed by atoms with Gasteiger partial charge in [-0.15, -0.1) is 0 Å². The Kier molecular flexibility index (Phi) is 6.85. The van der Waals surface area contributed by atoms with Gasteiger partial charge in [0.1, 0.15) is 6.54 Å². The van der Waals surface area contributed by atoms with Crippen LogP contribution in [0.5, 0.6) is 0 Å². The van der Waals surface area contributed by atoms with Gasteiger partial charge in [0.05, 0.1) is 21.2 Å². The summed E-state index contributed by atoms with van der Waals surface area (Å²) < 4.78 is 4.94. The fraction of sp³-hybridized carbons (Fsp3) is 0.304. The van der Waals surface area contributed by atoms with E-state index in [1.165, 1.54) is 31.4 Å². The Morgan fingerprint density at radius 1 is 0.909 bits per heavy atom. The molecule has 3 amide bonds. The van der Waals surface area contributed by atoms with E-state index in [2.05, 4.69) is 10.2 Å². The highest BCUT2D eigenvalue weighted by Crippen LogP contribution is 2.31. The van der Waals surface area contributed by atoms with E-state index in [-0.39, 0.29) is 21.2 Å². The molecule has 1 N–H and O–H groups in total. The lowest BCUT2D eigenvalue weighted by molar-refractivity contribution is -0.147. The minimum Gasteiger partial charge on any atom is -0.454 e. The average molecular weight is 490 g/mol. The van der Waals surface area contributed by atoms with Gasteiger partial charge >= 0.3 is 5.97 Å². The Morgan fingerprint density at radius 3 is 2.06 bits per heavy atom. The number of nitrogens with one attached hydrogen (secondary N) is 1. The molecule has 1 fully saturated rings. The second kappa shape index (κ2) is 9.80. The first kappa shape index (κ1) is 23.1. The van der Waals surface area contributed by atoms with Gasteiger partial charge in [0.15, 0.2) is 6.61 Å². The molecule has 0 atom stereocenters. The summed E-state index contributed by atoms with van der Waals surface area (Å²) in [4.78, 5) is 52.2. The van der Waals surface area contributed by atoms with Crippen LogP contribution in [0.15, 0.2) is 36.4 Å². The van der Waals surface area contributed by atoms with Crippen molar-refractivity contribution in [3.05, 3.63) is 57.6 Å². The number of benzene rings is 2. The highest BCUT2D eigenvalue weighted by Gasteiger charge is 2.37. The molecule has 2 heterocycles. The number of carbonyl (C=O) groups is 4. The van der Waals surface area contributed by atoms with E-state index >= 15 is 0 Å². The second-order valence-corrected chi connectivity index (χ2v) is 8.63. The molecule has 2 aliphatic rings. The first-order valence-corrected chi connectivity index (χ1v) is 11.2. The summed E-state index contributed by atoms with van der Waals surface area (Å²) in [7, 11) is 0. The highest BCUT2D eigenvalue weighted by molar-refractivity contribution is 6.43. The van der Waals surface area contributed by atoms with Crippen molar-refractivity contribution in [2.45, 2.75) is 19.3 Å². The number of hydrogen-bond acceptors (Lipinski definition) is 6. The molecule has 2 aliphatic heterocycles. The number of hydrogen-bond donors (Lipinski definition) is 1. The summed E-state index contributed by atoms with van der Waals surface area (Å²) in [6, 6.07) is 10.0. The summed E-state index contributed by atoms with van der Waals surface area (Å²) in [6.45, 7) is 0.872. The van der Waals surface area contributed by atoms with E-state index in [0.29, 0.717) is 5.69 Å². The Morgan fingerprint density at radius 2 is 1.48 bits per heavy atom. The largest absolute Gasteiger partial charge is 0.454 e. The van der Waals surface area contributed by atoms with Crippen LogP contribution < -0.4 is 10.2 Å². The molecule has 2 aromatic rings. The molecule has 0 unspecified atom stereocenters. The maximum Gasteiger partial charge on any atom is 0.326 e. The third kappa shape index (κ3) is 5.12. The number of piperidine rings is 1. The third-order valence-corrected chi connectivity index (χ3v) is 6.26. The van der Waals surface area contributed by atoms with Crippen molar-refractivity contribution < 1.29 is 23.9 Å². The lowest BCUT2D eigenvalue weighted by atomic mass is 10.1. The summed E-state index contributed by atoms with van der Waals surface area (Å²) in [6.07, 6.45) is 3.59. The van der Waals surface area contributed by atoms with E-state index < -0.39 is 36.8 Å². The zero-order valence-electron chi connectivity index (χ0n) is 17.6. The number of rotatable bonds is 6. The van der Waals surface area contributed by atoms with Gasteiger partial charge in [-0.1, -0.05) is 23.2 Å². The molecule has 0 aliphatic carbocycles. The van der Waals surface area contributed by atoms with E-state index in [9.17, 15) is 19.2 Å².